The van der Waals surface area contributed by atoms with Gasteiger partial charge in [-0.15, -0.1) is 0 Å². The molecule has 0 bridgehead atoms. The van der Waals surface area contributed by atoms with Gasteiger partial charge in [0.15, 0.2) is 0 Å². The second kappa shape index (κ2) is 7.98. The Balaban J connectivity index is 2.28. The van der Waals surface area contributed by atoms with Crippen molar-refractivity contribution in [3.05, 3.63) is 65.2 Å². The molecule has 4 nitrogen and oxygen atoms in total. The molecule has 2 aromatic carbocycles. The summed E-state index contributed by atoms with van der Waals surface area (Å²) >= 11 is 0. The van der Waals surface area contributed by atoms with Crippen molar-refractivity contribution in [3.8, 4) is 11.8 Å². The zero-order valence-electron chi connectivity index (χ0n) is 14.0. The Kier molecular flexibility index (Phi) is 5.75. The lowest BCUT2D eigenvalue weighted by Gasteiger charge is -2.12. The van der Waals surface area contributed by atoms with Gasteiger partial charge in [-0.1, -0.05) is 36.4 Å². The van der Waals surface area contributed by atoms with Gasteiger partial charge < -0.3 is 10.1 Å². The van der Waals surface area contributed by atoms with E-state index in [0.717, 1.165) is 5.56 Å². The highest BCUT2D eigenvalue weighted by Gasteiger charge is 2.12. The standard InChI is InChI=1S/C20H20N2O2/c1-14(2)24-19-11-7-5-9-16(19)12-17(13-21)20(23)22-18-10-6-4-8-15(18)3/h4-12,14H,1-3H3,(H,22,23)/b17-12-. The number of nitrogens with zero attached hydrogens (tertiary/aromatic N) is 1. The Morgan fingerprint density at radius 2 is 1.83 bits per heavy atom. The quantitative estimate of drug-likeness (QED) is 0.659. The molecule has 0 spiro atoms. The minimum Gasteiger partial charge on any atom is -0.490 e. The first-order valence-electron chi connectivity index (χ1n) is 7.75. The number of hydrogen-bond acceptors (Lipinski definition) is 3. The van der Waals surface area contributed by atoms with Crippen molar-refractivity contribution in [1.29, 1.82) is 5.26 Å². The van der Waals surface area contributed by atoms with Crippen molar-refractivity contribution in [2.45, 2.75) is 26.9 Å². The maximum absolute atomic E-state index is 12.4. The number of nitrogens with one attached hydrogen (secondary N) is 1. The van der Waals surface area contributed by atoms with Crippen LogP contribution in [0.1, 0.15) is 25.0 Å². The van der Waals surface area contributed by atoms with Gasteiger partial charge in [-0.05, 0) is 44.5 Å². The van der Waals surface area contributed by atoms with Crippen LogP contribution in [0.5, 0.6) is 5.75 Å². The maximum Gasteiger partial charge on any atom is 0.266 e. The molecule has 0 saturated carbocycles. The van der Waals surface area contributed by atoms with Crippen LogP contribution in [-0.2, 0) is 4.79 Å². The summed E-state index contributed by atoms with van der Waals surface area (Å²) in [5.74, 6) is 0.204. The molecule has 4 heteroatoms. The number of benzene rings is 2. The van der Waals surface area contributed by atoms with Crippen LogP contribution in [0.4, 0.5) is 5.69 Å². The second-order valence-electron chi connectivity index (χ2n) is 5.64. The SMILES string of the molecule is Cc1ccccc1NC(=O)/C(C#N)=C\c1ccccc1OC(C)C. The van der Waals surface area contributed by atoms with Crippen LogP contribution in [0.2, 0.25) is 0 Å². The Morgan fingerprint density at radius 3 is 2.50 bits per heavy atom. The van der Waals surface area contributed by atoms with E-state index in [9.17, 15) is 10.1 Å². The monoisotopic (exact) mass is 320 g/mol. The number of anilines is 1. The summed E-state index contributed by atoms with van der Waals surface area (Å²) in [5, 5.41) is 12.1. The van der Waals surface area contributed by atoms with Gasteiger partial charge in [0.25, 0.3) is 5.91 Å². The van der Waals surface area contributed by atoms with Crippen molar-refractivity contribution in [2.24, 2.45) is 0 Å². The fraction of sp³-hybridized carbons (Fsp3) is 0.200. The number of hydrogen-bond donors (Lipinski definition) is 1. The molecule has 1 amide bonds. The lowest BCUT2D eigenvalue weighted by molar-refractivity contribution is -0.112. The first-order valence-corrected chi connectivity index (χ1v) is 7.75. The van der Waals surface area contributed by atoms with Crippen molar-refractivity contribution in [2.75, 3.05) is 5.32 Å². The molecule has 1 N–H and O–H groups in total. The molecule has 0 radical (unpaired) electrons. The average Bonchev–Trinajstić information content (AvgIpc) is 2.55. The van der Waals surface area contributed by atoms with Crippen LogP contribution >= 0.6 is 0 Å². The molecule has 2 aromatic rings. The van der Waals surface area contributed by atoms with Crippen LogP contribution in [-0.4, -0.2) is 12.0 Å². The van der Waals surface area contributed by atoms with E-state index in [-0.39, 0.29) is 11.7 Å². The van der Waals surface area contributed by atoms with Gasteiger partial charge in [0.05, 0.1) is 6.10 Å². The van der Waals surface area contributed by atoms with Crippen molar-refractivity contribution >= 4 is 17.7 Å². The first kappa shape index (κ1) is 17.3. The molecule has 2 rings (SSSR count). The Morgan fingerprint density at radius 1 is 1.17 bits per heavy atom. The molecule has 0 aliphatic carbocycles. The van der Waals surface area contributed by atoms with E-state index in [2.05, 4.69) is 5.32 Å². The van der Waals surface area contributed by atoms with Crippen LogP contribution < -0.4 is 10.1 Å². The molecule has 0 heterocycles. The van der Waals surface area contributed by atoms with Crippen LogP contribution in [0, 0.1) is 18.3 Å². The van der Waals surface area contributed by atoms with Crippen molar-refractivity contribution < 1.29 is 9.53 Å². The number of nitriles is 1. The average molecular weight is 320 g/mol. The number of para-hydroxylation sites is 2. The smallest absolute Gasteiger partial charge is 0.266 e. The minimum absolute atomic E-state index is 0.00544. The number of rotatable bonds is 5. The number of aryl methyl sites for hydroxylation is 1. The first-order chi connectivity index (χ1) is 11.5. The highest BCUT2D eigenvalue weighted by molar-refractivity contribution is 6.10. The Labute approximate surface area is 142 Å². The summed E-state index contributed by atoms with van der Waals surface area (Å²) in [6.45, 7) is 5.75. The zero-order valence-corrected chi connectivity index (χ0v) is 14.0. The topological polar surface area (TPSA) is 62.1 Å². The summed E-state index contributed by atoms with van der Waals surface area (Å²) in [7, 11) is 0. The minimum atomic E-state index is -0.439. The number of ether oxygens (including phenoxy) is 1. The maximum atomic E-state index is 12.4. The van der Waals surface area contributed by atoms with E-state index < -0.39 is 5.91 Å². The third-order valence-corrected chi connectivity index (χ3v) is 3.34. The highest BCUT2D eigenvalue weighted by atomic mass is 16.5. The predicted octanol–water partition coefficient (Wildman–Crippen LogP) is 4.33. The second-order valence-corrected chi connectivity index (χ2v) is 5.64. The lowest BCUT2D eigenvalue weighted by Crippen LogP contribution is -2.14. The predicted molar refractivity (Wildman–Crippen MR) is 95.6 cm³/mol. The summed E-state index contributed by atoms with van der Waals surface area (Å²) in [4.78, 5) is 12.4. The molecule has 24 heavy (non-hydrogen) atoms. The van der Waals surface area contributed by atoms with E-state index in [1.165, 1.54) is 0 Å². The van der Waals surface area contributed by atoms with Gasteiger partial charge >= 0.3 is 0 Å². The van der Waals surface area contributed by atoms with Crippen molar-refractivity contribution in [3.63, 3.8) is 0 Å². The van der Waals surface area contributed by atoms with Crippen molar-refractivity contribution in [1.82, 2.24) is 0 Å². The highest BCUT2D eigenvalue weighted by Crippen LogP contribution is 2.23. The van der Waals surface area contributed by atoms with Gasteiger partial charge in [0, 0.05) is 11.3 Å². The lowest BCUT2D eigenvalue weighted by atomic mass is 10.1. The van der Waals surface area contributed by atoms with Gasteiger partial charge in [-0.3, -0.25) is 4.79 Å². The zero-order chi connectivity index (χ0) is 17.5. The molecule has 0 atom stereocenters. The molecular weight excluding hydrogens is 300 g/mol. The summed E-state index contributed by atoms with van der Waals surface area (Å²) < 4.78 is 5.72. The summed E-state index contributed by atoms with van der Waals surface area (Å²) in [5.41, 5.74) is 2.35. The summed E-state index contributed by atoms with van der Waals surface area (Å²) in [6.07, 6.45) is 1.55. The number of carbonyl (C=O) groups excluding carboxylic acids is 1. The van der Waals surface area contributed by atoms with E-state index in [4.69, 9.17) is 4.74 Å². The van der Waals surface area contributed by atoms with Gasteiger partial charge in [0.1, 0.15) is 17.4 Å². The van der Waals surface area contributed by atoms with E-state index in [1.54, 1.807) is 12.1 Å². The normalized spacial score (nSPS) is 11.0. The Bertz CT molecular complexity index is 801. The van der Waals surface area contributed by atoms with Gasteiger partial charge in [0.2, 0.25) is 0 Å². The fourth-order valence-electron chi connectivity index (χ4n) is 2.17. The molecule has 0 aliphatic heterocycles. The molecule has 0 fully saturated rings. The van der Waals surface area contributed by atoms with E-state index >= 15 is 0 Å². The molecular formula is C20H20N2O2. The molecule has 0 unspecified atom stereocenters. The van der Waals surface area contributed by atoms with Crippen LogP contribution in [0.3, 0.4) is 0 Å². The third kappa shape index (κ3) is 4.47. The van der Waals surface area contributed by atoms with Crippen LogP contribution in [0.15, 0.2) is 54.1 Å². The van der Waals surface area contributed by atoms with E-state index in [1.807, 2.05) is 69.3 Å². The fourth-order valence-corrected chi connectivity index (χ4v) is 2.17. The third-order valence-electron chi connectivity index (χ3n) is 3.34. The molecule has 0 aromatic heterocycles. The molecule has 0 saturated heterocycles. The van der Waals surface area contributed by atoms with Gasteiger partial charge in [-0.2, -0.15) is 5.26 Å². The molecule has 122 valence electrons. The largest absolute Gasteiger partial charge is 0.490 e. The number of carbonyl (C=O) groups is 1. The Hall–Kier alpha value is -3.06. The number of amides is 1. The summed E-state index contributed by atoms with van der Waals surface area (Å²) in [6, 6.07) is 16.7. The van der Waals surface area contributed by atoms with Gasteiger partial charge in [-0.25, -0.2) is 0 Å². The van der Waals surface area contributed by atoms with E-state index in [0.29, 0.717) is 17.0 Å². The molecule has 0 aliphatic rings. The van der Waals surface area contributed by atoms with Crippen LogP contribution in [0.25, 0.3) is 6.08 Å².